The van der Waals surface area contributed by atoms with Gasteiger partial charge in [0.1, 0.15) is 17.7 Å². The zero-order valence-corrected chi connectivity index (χ0v) is 16.4. The molecule has 1 unspecified atom stereocenters. The maximum Gasteiger partial charge on any atom is 0.247 e. The Labute approximate surface area is 167 Å². The number of nitrogens with zero attached hydrogens (tertiary/aromatic N) is 1. The van der Waals surface area contributed by atoms with E-state index < -0.39 is 6.04 Å². The molecular formula is C20H22ClFN2O2S. The summed E-state index contributed by atoms with van der Waals surface area (Å²) in [5.41, 5.74) is 0.571. The lowest BCUT2D eigenvalue weighted by molar-refractivity contribution is -0.140. The Hall–Kier alpha value is -1.92. The van der Waals surface area contributed by atoms with Crippen LogP contribution in [0.1, 0.15) is 42.2 Å². The molecule has 1 atom stereocenters. The van der Waals surface area contributed by atoms with E-state index in [4.69, 9.17) is 11.6 Å². The number of thiophene rings is 1. The number of carbonyl (C=O) groups is 2. The average molecular weight is 409 g/mol. The average Bonchev–Trinajstić information content (AvgIpc) is 3.36. The molecule has 2 aromatic rings. The van der Waals surface area contributed by atoms with Gasteiger partial charge in [0.25, 0.3) is 0 Å². The highest BCUT2D eigenvalue weighted by atomic mass is 35.5. The molecule has 0 radical (unpaired) electrons. The number of carbonyl (C=O) groups excluding carboxylic acids is 2. The van der Waals surface area contributed by atoms with Crippen molar-refractivity contribution in [1.82, 2.24) is 10.2 Å². The number of hydrogen-bond acceptors (Lipinski definition) is 3. The van der Waals surface area contributed by atoms with E-state index in [1.165, 1.54) is 28.4 Å². The molecule has 4 nitrogen and oxygen atoms in total. The number of alkyl halides is 1. The SMILES string of the molecule is O=C(NC1CCCC1)C(c1ccc(F)cc1)N(Cc1cccs1)C(=O)CCl. The molecule has 1 aromatic heterocycles. The highest BCUT2D eigenvalue weighted by Crippen LogP contribution is 2.27. The first-order valence-corrected chi connectivity index (χ1v) is 10.4. The van der Waals surface area contributed by atoms with Gasteiger partial charge >= 0.3 is 0 Å². The molecule has 7 heteroatoms. The van der Waals surface area contributed by atoms with E-state index in [9.17, 15) is 14.0 Å². The minimum absolute atomic E-state index is 0.120. The van der Waals surface area contributed by atoms with Crippen LogP contribution in [0, 0.1) is 5.82 Å². The third-order valence-corrected chi connectivity index (χ3v) is 5.88. The van der Waals surface area contributed by atoms with Gasteiger partial charge in [0.05, 0.1) is 6.54 Å². The van der Waals surface area contributed by atoms with Crippen LogP contribution in [0.3, 0.4) is 0 Å². The zero-order chi connectivity index (χ0) is 19.2. The number of hydrogen-bond donors (Lipinski definition) is 1. The summed E-state index contributed by atoms with van der Waals surface area (Å²) in [5.74, 6) is -1.19. The maximum atomic E-state index is 13.4. The molecule has 1 heterocycles. The largest absolute Gasteiger partial charge is 0.351 e. The van der Waals surface area contributed by atoms with Gasteiger partial charge in [-0.15, -0.1) is 22.9 Å². The molecule has 1 fully saturated rings. The van der Waals surface area contributed by atoms with Crippen molar-refractivity contribution in [1.29, 1.82) is 0 Å². The topological polar surface area (TPSA) is 49.4 Å². The summed E-state index contributed by atoms with van der Waals surface area (Å²) < 4.78 is 13.4. The molecule has 1 N–H and O–H groups in total. The Kier molecular flexibility index (Phi) is 6.85. The first-order chi connectivity index (χ1) is 13.1. The predicted molar refractivity (Wildman–Crippen MR) is 105 cm³/mol. The van der Waals surface area contributed by atoms with Crippen molar-refractivity contribution in [2.75, 3.05) is 5.88 Å². The maximum absolute atomic E-state index is 13.4. The molecule has 3 rings (SSSR count). The minimum atomic E-state index is -0.848. The summed E-state index contributed by atoms with van der Waals surface area (Å²) in [7, 11) is 0. The zero-order valence-electron chi connectivity index (χ0n) is 14.9. The fourth-order valence-electron chi connectivity index (χ4n) is 3.44. The molecule has 0 spiro atoms. The normalized spacial score (nSPS) is 15.5. The Morgan fingerprint density at radius 1 is 1.22 bits per heavy atom. The third-order valence-electron chi connectivity index (χ3n) is 4.79. The Morgan fingerprint density at radius 2 is 1.93 bits per heavy atom. The Morgan fingerprint density at radius 3 is 2.52 bits per heavy atom. The van der Waals surface area contributed by atoms with Crippen LogP contribution in [-0.2, 0) is 16.1 Å². The van der Waals surface area contributed by atoms with Crippen molar-refractivity contribution in [2.24, 2.45) is 0 Å². The lowest BCUT2D eigenvalue weighted by Gasteiger charge is -2.31. The fourth-order valence-corrected chi connectivity index (χ4v) is 4.30. The molecule has 27 heavy (non-hydrogen) atoms. The van der Waals surface area contributed by atoms with Crippen LogP contribution in [0.4, 0.5) is 4.39 Å². The molecule has 1 aliphatic rings. The van der Waals surface area contributed by atoms with Gasteiger partial charge in [0, 0.05) is 10.9 Å². The number of halogens is 2. The smallest absolute Gasteiger partial charge is 0.247 e. The number of benzene rings is 1. The number of nitrogens with one attached hydrogen (secondary N) is 1. The molecule has 0 bridgehead atoms. The van der Waals surface area contributed by atoms with Crippen molar-refractivity contribution in [2.45, 2.75) is 44.3 Å². The second kappa shape index (κ2) is 9.33. The fraction of sp³-hybridized carbons (Fsp3) is 0.400. The second-order valence-electron chi connectivity index (χ2n) is 6.68. The Bertz CT molecular complexity index is 761. The van der Waals surface area contributed by atoms with Crippen LogP contribution in [0.5, 0.6) is 0 Å². The van der Waals surface area contributed by atoms with Gasteiger partial charge in [-0.3, -0.25) is 9.59 Å². The van der Waals surface area contributed by atoms with Gasteiger partial charge in [-0.25, -0.2) is 4.39 Å². The van der Waals surface area contributed by atoms with Gasteiger partial charge in [-0.05, 0) is 42.0 Å². The summed E-state index contributed by atoms with van der Waals surface area (Å²) in [6.45, 7) is 0.281. The molecule has 1 aromatic carbocycles. The van der Waals surface area contributed by atoms with E-state index in [1.807, 2.05) is 17.5 Å². The molecular weight excluding hydrogens is 387 g/mol. The van der Waals surface area contributed by atoms with Gasteiger partial charge < -0.3 is 10.2 Å². The predicted octanol–water partition coefficient (Wildman–Crippen LogP) is 4.25. The van der Waals surface area contributed by atoms with Crippen LogP contribution in [-0.4, -0.2) is 28.6 Å². The molecule has 2 amide bonds. The van der Waals surface area contributed by atoms with E-state index in [-0.39, 0.29) is 36.1 Å². The van der Waals surface area contributed by atoms with Gasteiger partial charge in [-0.1, -0.05) is 31.0 Å². The molecule has 144 valence electrons. The molecule has 1 aliphatic carbocycles. The first-order valence-electron chi connectivity index (χ1n) is 9.02. The highest BCUT2D eigenvalue weighted by molar-refractivity contribution is 7.09. The number of amides is 2. The van der Waals surface area contributed by atoms with Gasteiger partial charge in [-0.2, -0.15) is 0 Å². The Balaban J connectivity index is 1.92. The summed E-state index contributed by atoms with van der Waals surface area (Å²) in [6, 6.07) is 8.80. The molecule has 1 saturated carbocycles. The third kappa shape index (κ3) is 5.08. The van der Waals surface area contributed by atoms with Crippen molar-refractivity contribution >= 4 is 34.8 Å². The van der Waals surface area contributed by atoms with Gasteiger partial charge in [0.2, 0.25) is 11.8 Å². The van der Waals surface area contributed by atoms with Crippen molar-refractivity contribution in [3.05, 3.63) is 58.0 Å². The summed E-state index contributed by atoms with van der Waals surface area (Å²) in [5, 5.41) is 4.99. The van der Waals surface area contributed by atoms with Crippen LogP contribution in [0.2, 0.25) is 0 Å². The van der Waals surface area contributed by atoms with Crippen LogP contribution in [0.15, 0.2) is 41.8 Å². The van der Waals surface area contributed by atoms with E-state index in [1.54, 1.807) is 12.1 Å². The molecule has 0 aliphatic heterocycles. The number of rotatable bonds is 7. The monoisotopic (exact) mass is 408 g/mol. The van der Waals surface area contributed by atoms with E-state index in [0.29, 0.717) is 5.56 Å². The highest BCUT2D eigenvalue weighted by Gasteiger charge is 2.33. The first kappa shape index (κ1) is 19.8. The molecule has 0 saturated heterocycles. The van der Waals surface area contributed by atoms with Crippen LogP contribution < -0.4 is 5.32 Å². The lowest BCUT2D eigenvalue weighted by Crippen LogP contribution is -2.46. The van der Waals surface area contributed by atoms with Crippen LogP contribution >= 0.6 is 22.9 Å². The summed E-state index contributed by atoms with van der Waals surface area (Å²) >= 11 is 7.35. The van der Waals surface area contributed by atoms with Crippen molar-refractivity contribution in [3.63, 3.8) is 0 Å². The quantitative estimate of drug-likeness (QED) is 0.696. The lowest BCUT2D eigenvalue weighted by atomic mass is 10.0. The summed E-state index contributed by atoms with van der Waals surface area (Å²) in [6.07, 6.45) is 4.06. The minimum Gasteiger partial charge on any atom is -0.351 e. The van der Waals surface area contributed by atoms with E-state index in [2.05, 4.69) is 5.32 Å². The standard InChI is InChI=1S/C20H22ClFN2O2S/c21-12-18(25)24(13-17-6-3-11-27-17)19(14-7-9-15(22)10-8-14)20(26)23-16-4-1-2-5-16/h3,6-11,16,19H,1-2,4-5,12-13H2,(H,23,26). The van der Waals surface area contributed by atoms with Gasteiger partial charge in [0.15, 0.2) is 0 Å². The van der Waals surface area contributed by atoms with Crippen LogP contribution in [0.25, 0.3) is 0 Å². The van der Waals surface area contributed by atoms with E-state index in [0.717, 1.165) is 30.6 Å². The second-order valence-corrected chi connectivity index (χ2v) is 7.98. The summed E-state index contributed by atoms with van der Waals surface area (Å²) in [4.78, 5) is 28.2. The van der Waals surface area contributed by atoms with Crippen molar-refractivity contribution in [3.8, 4) is 0 Å². The van der Waals surface area contributed by atoms with Crippen molar-refractivity contribution < 1.29 is 14.0 Å². The van der Waals surface area contributed by atoms with E-state index >= 15 is 0 Å².